The van der Waals surface area contributed by atoms with E-state index >= 15 is 0 Å². The number of benzene rings is 2. The summed E-state index contributed by atoms with van der Waals surface area (Å²) in [6, 6.07) is 16.9. The van der Waals surface area contributed by atoms with Gasteiger partial charge in [0.2, 0.25) is 21.8 Å². The van der Waals surface area contributed by atoms with E-state index in [1.165, 1.54) is 53.3 Å². The lowest BCUT2D eigenvalue weighted by Crippen LogP contribution is -2.53. The van der Waals surface area contributed by atoms with Gasteiger partial charge in [-0.1, -0.05) is 42.5 Å². The number of carbonyl (C=O) groups is 2. The molecule has 7 nitrogen and oxygen atoms in total. The highest BCUT2D eigenvalue weighted by Gasteiger charge is 2.51. The molecule has 0 aromatic heterocycles. The van der Waals surface area contributed by atoms with Gasteiger partial charge in [-0.05, 0) is 112 Å². The standard InChI is InChI=1S/C33H45N3O4S/c1-23(2)34-32(38)24(3)35(15-14-25-8-6-5-7-9-25)31(37)22-36(41(4,39)40)30-12-10-29(11-13-30)33-19-26-16-27(20-33)18-28(17-26)21-33/h5-13,23-24,26-28H,14-22H2,1-4H3,(H,34,38)/t24-,26?,27?,28?,33?/m1/s1. The maximum Gasteiger partial charge on any atom is 0.244 e. The molecule has 8 heteroatoms. The van der Waals surface area contributed by atoms with Crippen molar-refractivity contribution in [2.75, 3.05) is 23.7 Å². The molecule has 222 valence electrons. The second kappa shape index (κ2) is 11.8. The average molecular weight is 580 g/mol. The summed E-state index contributed by atoms with van der Waals surface area (Å²) in [6.45, 7) is 5.39. The predicted octanol–water partition coefficient (Wildman–Crippen LogP) is 4.90. The van der Waals surface area contributed by atoms with Gasteiger partial charge >= 0.3 is 0 Å². The summed E-state index contributed by atoms with van der Waals surface area (Å²) < 4.78 is 27.2. The molecule has 41 heavy (non-hydrogen) atoms. The fraction of sp³-hybridized carbons (Fsp3) is 0.576. The monoisotopic (exact) mass is 579 g/mol. The van der Waals surface area contributed by atoms with E-state index in [1.807, 2.05) is 56.3 Å². The summed E-state index contributed by atoms with van der Waals surface area (Å²) in [5.74, 6) is 1.81. The Morgan fingerprint density at radius 1 is 0.902 bits per heavy atom. The Labute approximate surface area is 245 Å². The maximum atomic E-state index is 13.8. The van der Waals surface area contributed by atoms with Crippen LogP contribution in [-0.4, -0.2) is 56.6 Å². The first-order valence-corrected chi connectivity index (χ1v) is 17.0. The first-order chi connectivity index (χ1) is 19.4. The summed E-state index contributed by atoms with van der Waals surface area (Å²) >= 11 is 0. The van der Waals surface area contributed by atoms with E-state index in [2.05, 4.69) is 17.4 Å². The lowest BCUT2D eigenvalue weighted by atomic mass is 9.48. The van der Waals surface area contributed by atoms with E-state index in [-0.39, 0.29) is 23.9 Å². The van der Waals surface area contributed by atoms with Crippen LogP contribution in [0.5, 0.6) is 0 Å². The first-order valence-electron chi connectivity index (χ1n) is 15.2. The molecule has 1 atom stereocenters. The molecule has 0 aliphatic heterocycles. The highest BCUT2D eigenvalue weighted by atomic mass is 32.2. The van der Waals surface area contributed by atoms with Crippen molar-refractivity contribution in [1.82, 2.24) is 10.2 Å². The topological polar surface area (TPSA) is 86.8 Å². The lowest BCUT2D eigenvalue weighted by molar-refractivity contribution is -0.139. The van der Waals surface area contributed by atoms with Crippen LogP contribution in [0.1, 0.15) is 70.4 Å². The molecule has 2 aromatic carbocycles. The molecule has 2 aromatic rings. The number of hydrogen-bond acceptors (Lipinski definition) is 4. The molecule has 1 N–H and O–H groups in total. The minimum absolute atomic E-state index is 0.0731. The van der Waals surface area contributed by atoms with Gasteiger partial charge in [-0.3, -0.25) is 13.9 Å². The summed E-state index contributed by atoms with van der Waals surface area (Å²) in [7, 11) is -3.75. The maximum absolute atomic E-state index is 13.8. The Hall–Kier alpha value is -2.87. The quantitative estimate of drug-likeness (QED) is 0.410. The first kappa shape index (κ1) is 29.6. The number of sulfonamides is 1. The Morgan fingerprint density at radius 2 is 1.46 bits per heavy atom. The Bertz CT molecular complexity index is 1310. The van der Waals surface area contributed by atoms with Gasteiger partial charge in [-0.25, -0.2) is 8.42 Å². The molecule has 6 rings (SSSR count). The lowest BCUT2D eigenvalue weighted by Gasteiger charge is -2.57. The van der Waals surface area contributed by atoms with Gasteiger partial charge in [-0.15, -0.1) is 0 Å². The van der Waals surface area contributed by atoms with Crippen molar-refractivity contribution in [3.05, 3.63) is 65.7 Å². The Balaban J connectivity index is 1.35. The van der Waals surface area contributed by atoms with Crippen LogP contribution in [0.2, 0.25) is 0 Å². The normalized spacial score (nSPS) is 25.6. The second-order valence-corrected chi connectivity index (χ2v) is 15.1. The zero-order chi connectivity index (χ0) is 29.4. The zero-order valence-electron chi connectivity index (χ0n) is 24.9. The minimum Gasteiger partial charge on any atom is -0.352 e. The van der Waals surface area contributed by atoms with E-state index in [0.29, 0.717) is 18.7 Å². The Morgan fingerprint density at radius 3 is 1.98 bits per heavy atom. The van der Waals surface area contributed by atoms with Crippen molar-refractivity contribution in [2.24, 2.45) is 17.8 Å². The van der Waals surface area contributed by atoms with Gasteiger partial charge in [0.05, 0.1) is 11.9 Å². The van der Waals surface area contributed by atoms with E-state index in [9.17, 15) is 18.0 Å². The molecule has 0 spiro atoms. The van der Waals surface area contributed by atoms with Crippen LogP contribution in [0, 0.1) is 17.8 Å². The fourth-order valence-electron chi connectivity index (χ4n) is 8.03. The molecule has 4 fully saturated rings. The third kappa shape index (κ3) is 6.63. The molecule has 2 amide bonds. The predicted molar refractivity (Wildman–Crippen MR) is 163 cm³/mol. The van der Waals surface area contributed by atoms with Gasteiger partial charge in [-0.2, -0.15) is 0 Å². The van der Waals surface area contributed by atoms with E-state index < -0.39 is 22.0 Å². The molecule has 4 saturated carbocycles. The van der Waals surface area contributed by atoms with Crippen LogP contribution in [0.15, 0.2) is 54.6 Å². The van der Waals surface area contributed by atoms with Crippen LogP contribution in [0.25, 0.3) is 0 Å². The number of hydrogen-bond donors (Lipinski definition) is 1. The SMILES string of the molecule is CC(C)NC(=O)[C@@H](C)N(CCc1ccccc1)C(=O)CN(c1ccc(C23CC4CC(CC(C4)C2)C3)cc1)S(C)(=O)=O. The third-order valence-electron chi connectivity index (χ3n) is 9.57. The number of nitrogens with zero attached hydrogens (tertiary/aromatic N) is 2. The second-order valence-electron chi connectivity index (χ2n) is 13.2. The van der Waals surface area contributed by atoms with Crippen molar-refractivity contribution in [3.63, 3.8) is 0 Å². The average Bonchev–Trinajstić information content (AvgIpc) is 2.90. The van der Waals surface area contributed by atoms with Crippen molar-refractivity contribution >= 4 is 27.5 Å². The molecule has 4 aliphatic rings. The van der Waals surface area contributed by atoms with Crippen molar-refractivity contribution in [3.8, 4) is 0 Å². The van der Waals surface area contributed by atoms with Crippen LogP contribution in [0.4, 0.5) is 5.69 Å². The summed E-state index contributed by atoms with van der Waals surface area (Å²) in [5.41, 5.74) is 3.05. The molecular formula is C33H45N3O4S. The van der Waals surface area contributed by atoms with Crippen LogP contribution in [0.3, 0.4) is 0 Å². The molecule has 4 aliphatic carbocycles. The zero-order valence-corrected chi connectivity index (χ0v) is 25.7. The molecule has 0 heterocycles. The summed E-state index contributed by atoms with van der Waals surface area (Å²) in [4.78, 5) is 28.2. The van der Waals surface area contributed by atoms with E-state index in [0.717, 1.165) is 29.6 Å². The van der Waals surface area contributed by atoms with Crippen molar-refractivity contribution in [1.29, 1.82) is 0 Å². The third-order valence-corrected chi connectivity index (χ3v) is 10.7. The minimum atomic E-state index is -3.75. The van der Waals surface area contributed by atoms with Crippen LogP contribution < -0.4 is 9.62 Å². The van der Waals surface area contributed by atoms with Crippen LogP contribution in [-0.2, 0) is 31.4 Å². The van der Waals surface area contributed by atoms with Gasteiger partial charge in [0, 0.05) is 12.6 Å². The molecule has 0 saturated heterocycles. The smallest absolute Gasteiger partial charge is 0.244 e. The summed E-state index contributed by atoms with van der Waals surface area (Å²) in [6.07, 6.45) is 9.51. The highest BCUT2D eigenvalue weighted by molar-refractivity contribution is 7.92. The van der Waals surface area contributed by atoms with Crippen molar-refractivity contribution < 1.29 is 18.0 Å². The molecular weight excluding hydrogens is 534 g/mol. The van der Waals surface area contributed by atoms with E-state index in [1.54, 1.807) is 6.92 Å². The van der Waals surface area contributed by atoms with Crippen LogP contribution >= 0.6 is 0 Å². The van der Waals surface area contributed by atoms with Gasteiger partial charge < -0.3 is 10.2 Å². The summed E-state index contributed by atoms with van der Waals surface area (Å²) in [5, 5.41) is 2.89. The number of rotatable bonds is 11. The van der Waals surface area contributed by atoms with Crippen molar-refractivity contribution in [2.45, 2.75) is 83.2 Å². The number of carbonyl (C=O) groups excluding carboxylic acids is 2. The van der Waals surface area contributed by atoms with Gasteiger partial charge in [0.15, 0.2) is 0 Å². The van der Waals surface area contributed by atoms with Gasteiger partial charge in [0.25, 0.3) is 0 Å². The van der Waals surface area contributed by atoms with Gasteiger partial charge in [0.1, 0.15) is 12.6 Å². The number of anilines is 1. The molecule has 0 radical (unpaired) electrons. The van der Waals surface area contributed by atoms with E-state index in [4.69, 9.17) is 0 Å². The number of amides is 2. The molecule has 4 bridgehead atoms. The Kier molecular flexibility index (Phi) is 8.51. The fourth-order valence-corrected chi connectivity index (χ4v) is 8.88. The highest BCUT2D eigenvalue weighted by Crippen LogP contribution is 2.60. The number of nitrogens with one attached hydrogen (secondary N) is 1. The largest absolute Gasteiger partial charge is 0.352 e. The molecule has 0 unspecified atom stereocenters.